The Morgan fingerprint density at radius 3 is 2.57 bits per heavy atom. The van der Waals surface area contributed by atoms with Gasteiger partial charge in [-0.15, -0.1) is 5.10 Å². The van der Waals surface area contributed by atoms with Gasteiger partial charge in [-0.3, -0.25) is 0 Å². The van der Waals surface area contributed by atoms with Crippen molar-refractivity contribution in [2.75, 3.05) is 5.73 Å². The molecule has 1 aromatic rings. The third-order valence-corrected chi connectivity index (χ3v) is 2.96. The molecule has 0 aliphatic heterocycles. The summed E-state index contributed by atoms with van der Waals surface area (Å²) in [6.45, 7) is 0. The molecule has 1 heterocycles. The summed E-state index contributed by atoms with van der Waals surface area (Å²) in [5.74, 6) is 1.33. The highest BCUT2D eigenvalue weighted by Crippen LogP contribution is 2.26. The smallest absolute Gasteiger partial charge is 0.146 e. The predicted molar refractivity (Wildman–Crippen MR) is 56.7 cm³/mol. The molecule has 0 bridgehead atoms. The average molecular weight is 191 g/mol. The molecule has 1 fully saturated rings. The molecular weight excluding hydrogens is 174 g/mol. The zero-order valence-electron chi connectivity index (χ0n) is 8.45. The van der Waals surface area contributed by atoms with E-state index in [1.54, 1.807) is 0 Å². The van der Waals surface area contributed by atoms with Crippen molar-refractivity contribution in [2.45, 2.75) is 38.5 Å². The van der Waals surface area contributed by atoms with Crippen LogP contribution in [0, 0.1) is 5.92 Å². The normalized spacial score (nSPS) is 18.3. The lowest BCUT2D eigenvalue weighted by atomic mass is 9.86. The van der Waals surface area contributed by atoms with Crippen molar-refractivity contribution >= 4 is 5.82 Å². The minimum atomic E-state index is 0.511. The molecule has 1 aliphatic carbocycles. The second kappa shape index (κ2) is 4.40. The van der Waals surface area contributed by atoms with Gasteiger partial charge >= 0.3 is 0 Å². The SMILES string of the molecule is Nc1ccc(CC2CCCCC2)nn1. The largest absolute Gasteiger partial charge is 0.382 e. The van der Waals surface area contributed by atoms with Crippen molar-refractivity contribution in [3.8, 4) is 0 Å². The van der Waals surface area contributed by atoms with Crippen molar-refractivity contribution in [2.24, 2.45) is 5.92 Å². The van der Waals surface area contributed by atoms with Gasteiger partial charge in [0.1, 0.15) is 5.82 Å². The van der Waals surface area contributed by atoms with Gasteiger partial charge in [0.2, 0.25) is 0 Å². The Kier molecular flexibility index (Phi) is 2.96. The van der Waals surface area contributed by atoms with Gasteiger partial charge < -0.3 is 5.73 Å². The molecule has 3 nitrogen and oxygen atoms in total. The summed E-state index contributed by atoms with van der Waals surface area (Å²) in [4.78, 5) is 0. The number of anilines is 1. The molecule has 3 heteroatoms. The molecule has 0 atom stereocenters. The highest BCUT2D eigenvalue weighted by atomic mass is 15.1. The summed E-state index contributed by atoms with van der Waals surface area (Å²) < 4.78 is 0. The molecule has 14 heavy (non-hydrogen) atoms. The molecule has 2 N–H and O–H groups in total. The molecule has 1 aliphatic rings. The third kappa shape index (κ3) is 2.44. The average Bonchev–Trinajstić information content (AvgIpc) is 2.23. The quantitative estimate of drug-likeness (QED) is 0.779. The lowest BCUT2D eigenvalue weighted by molar-refractivity contribution is 0.353. The summed E-state index contributed by atoms with van der Waals surface area (Å²) in [6.07, 6.45) is 7.95. The van der Waals surface area contributed by atoms with Crippen LogP contribution in [0.4, 0.5) is 5.82 Å². The summed E-state index contributed by atoms with van der Waals surface area (Å²) in [5.41, 5.74) is 6.58. The topological polar surface area (TPSA) is 51.8 Å². The maximum atomic E-state index is 5.49. The minimum Gasteiger partial charge on any atom is -0.382 e. The van der Waals surface area contributed by atoms with E-state index in [0.29, 0.717) is 5.82 Å². The molecule has 2 rings (SSSR count). The van der Waals surface area contributed by atoms with E-state index in [1.165, 1.54) is 32.1 Å². The standard InChI is InChI=1S/C11H17N3/c12-11-7-6-10(13-14-11)8-9-4-2-1-3-5-9/h6-7,9H,1-5,8H2,(H2,12,14). The molecule has 0 saturated heterocycles. The number of nitrogens with two attached hydrogens (primary N) is 1. The van der Waals surface area contributed by atoms with Crippen LogP contribution in [-0.4, -0.2) is 10.2 Å². The Labute approximate surface area is 84.7 Å². The summed E-state index contributed by atoms with van der Waals surface area (Å²) in [7, 11) is 0. The van der Waals surface area contributed by atoms with E-state index in [4.69, 9.17) is 5.73 Å². The number of nitrogen functional groups attached to an aromatic ring is 1. The maximum absolute atomic E-state index is 5.49. The lowest BCUT2D eigenvalue weighted by Crippen LogP contribution is -2.10. The van der Waals surface area contributed by atoms with Crippen LogP contribution in [0.5, 0.6) is 0 Å². The van der Waals surface area contributed by atoms with Crippen molar-refractivity contribution in [3.63, 3.8) is 0 Å². The molecule has 0 spiro atoms. The van der Waals surface area contributed by atoms with Crippen LogP contribution in [0.3, 0.4) is 0 Å². The molecule has 0 aromatic carbocycles. The number of aromatic nitrogens is 2. The number of hydrogen-bond donors (Lipinski definition) is 1. The van der Waals surface area contributed by atoms with Crippen LogP contribution in [-0.2, 0) is 6.42 Å². The summed E-state index contributed by atoms with van der Waals surface area (Å²) in [5, 5.41) is 7.97. The molecule has 0 amide bonds. The summed E-state index contributed by atoms with van der Waals surface area (Å²) >= 11 is 0. The van der Waals surface area contributed by atoms with Crippen molar-refractivity contribution in [1.29, 1.82) is 0 Å². The van der Waals surface area contributed by atoms with Gasteiger partial charge in [0.25, 0.3) is 0 Å². The zero-order valence-corrected chi connectivity index (χ0v) is 8.45. The number of hydrogen-bond acceptors (Lipinski definition) is 3. The predicted octanol–water partition coefficient (Wildman–Crippen LogP) is 2.18. The van der Waals surface area contributed by atoms with Gasteiger partial charge in [-0.05, 0) is 24.5 Å². The van der Waals surface area contributed by atoms with E-state index in [0.717, 1.165) is 18.0 Å². The fraction of sp³-hybridized carbons (Fsp3) is 0.636. The first-order chi connectivity index (χ1) is 6.84. The van der Waals surface area contributed by atoms with Crippen LogP contribution >= 0.6 is 0 Å². The Morgan fingerprint density at radius 1 is 1.14 bits per heavy atom. The van der Waals surface area contributed by atoms with Gasteiger partial charge in [0.05, 0.1) is 5.69 Å². The van der Waals surface area contributed by atoms with Crippen LogP contribution in [0.25, 0.3) is 0 Å². The van der Waals surface area contributed by atoms with Gasteiger partial charge in [-0.1, -0.05) is 32.1 Å². The monoisotopic (exact) mass is 191 g/mol. The van der Waals surface area contributed by atoms with Gasteiger partial charge in [0, 0.05) is 0 Å². The molecule has 1 saturated carbocycles. The molecule has 1 aromatic heterocycles. The highest BCUT2D eigenvalue weighted by Gasteiger charge is 2.14. The van der Waals surface area contributed by atoms with E-state index < -0.39 is 0 Å². The minimum absolute atomic E-state index is 0.511. The van der Waals surface area contributed by atoms with E-state index in [9.17, 15) is 0 Å². The van der Waals surface area contributed by atoms with Gasteiger partial charge in [0.15, 0.2) is 0 Å². The Hall–Kier alpha value is -1.12. The molecule has 0 unspecified atom stereocenters. The van der Waals surface area contributed by atoms with E-state index in [1.807, 2.05) is 12.1 Å². The van der Waals surface area contributed by atoms with Gasteiger partial charge in [-0.25, -0.2) is 0 Å². The summed E-state index contributed by atoms with van der Waals surface area (Å²) in [6, 6.07) is 3.84. The Bertz CT molecular complexity index is 275. The van der Waals surface area contributed by atoms with Crippen LogP contribution in [0.1, 0.15) is 37.8 Å². The van der Waals surface area contributed by atoms with E-state index >= 15 is 0 Å². The molecular formula is C11H17N3. The molecule has 76 valence electrons. The van der Waals surface area contributed by atoms with Gasteiger partial charge in [-0.2, -0.15) is 5.10 Å². The third-order valence-electron chi connectivity index (χ3n) is 2.96. The second-order valence-corrected chi connectivity index (χ2v) is 4.16. The van der Waals surface area contributed by atoms with Crippen LogP contribution in [0.2, 0.25) is 0 Å². The van der Waals surface area contributed by atoms with Crippen LogP contribution < -0.4 is 5.73 Å². The van der Waals surface area contributed by atoms with Crippen molar-refractivity contribution < 1.29 is 0 Å². The number of rotatable bonds is 2. The first-order valence-electron chi connectivity index (χ1n) is 5.42. The first kappa shape index (κ1) is 9.44. The Morgan fingerprint density at radius 2 is 1.93 bits per heavy atom. The van der Waals surface area contributed by atoms with E-state index in [2.05, 4.69) is 10.2 Å². The maximum Gasteiger partial charge on any atom is 0.146 e. The second-order valence-electron chi connectivity index (χ2n) is 4.16. The van der Waals surface area contributed by atoms with Crippen molar-refractivity contribution in [1.82, 2.24) is 10.2 Å². The number of nitrogens with zero attached hydrogens (tertiary/aromatic N) is 2. The zero-order chi connectivity index (χ0) is 9.80. The fourth-order valence-electron chi connectivity index (χ4n) is 2.17. The van der Waals surface area contributed by atoms with E-state index in [-0.39, 0.29) is 0 Å². The Balaban J connectivity index is 1.92. The molecule has 0 radical (unpaired) electrons. The van der Waals surface area contributed by atoms with Crippen molar-refractivity contribution in [3.05, 3.63) is 17.8 Å². The lowest BCUT2D eigenvalue weighted by Gasteiger charge is -2.20. The fourth-order valence-corrected chi connectivity index (χ4v) is 2.17. The van der Waals surface area contributed by atoms with Crippen LogP contribution in [0.15, 0.2) is 12.1 Å². The highest BCUT2D eigenvalue weighted by molar-refractivity contribution is 5.25. The first-order valence-corrected chi connectivity index (χ1v) is 5.42.